The highest BCUT2D eigenvalue weighted by atomic mass is 79.9. The molecule has 0 saturated carbocycles. The average molecular weight is 342 g/mol. The zero-order valence-electron chi connectivity index (χ0n) is 12.4. The predicted molar refractivity (Wildman–Crippen MR) is 87.2 cm³/mol. The number of nitrogens with one attached hydrogen (secondary N) is 1. The number of β-amino-alcohol motifs (C(OH)–C–C–N with tert-alkyl or cyclic N) is 1. The molecular formula is C15H24BrN3O. The van der Waals surface area contributed by atoms with Gasteiger partial charge in [-0.15, -0.1) is 0 Å². The molecule has 0 bridgehead atoms. The average Bonchev–Trinajstić information content (AvgIpc) is 2.72. The Kier molecular flexibility index (Phi) is 5.43. The molecule has 1 aromatic rings. The van der Waals surface area contributed by atoms with Gasteiger partial charge in [0, 0.05) is 35.8 Å². The van der Waals surface area contributed by atoms with Crippen molar-refractivity contribution in [2.75, 3.05) is 39.1 Å². The molecule has 0 amide bonds. The number of likely N-dealkylation sites (N-methyl/N-ethyl adjacent to an activating group) is 1. The minimum Gasteiger partial charge on any atom is -0.391 e. The van der Waals surface area contributed by atoms with Crippen LogP contribution in [0.3, 0.4) is 0 Å². The van der Waals surface area contributed by atoms with Crippen LogP contribution in [-0.4, -0.2) is 56.4 Å². The molecule has 0 spiro atoms. The number of aliphatic hydroxyl groups excluding tert-OH is 1. The molecular weight excluding hydrogens is 318 g/mol. The number of aliphatic hydroxyl groups is 1. The van der Waals surface area contributed by atoms with Crippen LogP contribution in [0.1, 0.15) is 12.0 Å². The van der Waals surface area contributed by atoms with E-state index in [1.54, 1.807) is 0 Å². The fourth-order valence-corrected chi connectivity index (χ4v) is 3.36. The fourth-order valence-electron chi connectivity index (χ4n) is 2.85. The number of hydrogen-bond donors (Lipinski definition) is 2. The standard InChI is InChI=1S/C15H24BrN3O/c1-17-8-11-4-5-12(7-15(11)16)19-10-14(20)6-13(19)9-18(2)3/h4-5,7,13-14,17,20H,6,8-10H2,1-3H3. The number of halogens is 1. The molecule has 112 valence electrons. The first-order valence-corrected chi connectivity index (χ1v) is 7.83. The highest BCUT2D eigenvalue weighted by molar-refractivity contribution is 9.10. The van der Waals surface area contributed by atoms with Crippen molar-refractivity contribution in [3.63, 3.8) is 0 Å². The van der Waals surface area contributed by atoms with E-state index in [-0.39, 0.29) is 6.10 Å². The van der Waals surface area contributed by atoms with Crippen molar-refractivity contribution in [2.45, 2.75) is 25.1 Å². The Morgan fingerprint density at radius 1 is 1.45 bits per heavy atom. The SMILES string of the molecule is CNCc1ccc(N2CC(O)CC2CN(C)C)cc1Br. The summed E-state index contributed by atoms with van der Waals surface area (Å²) in [5.41, 5.74) is 2.43. The second kappa shape index (κ2) is 6.89. The van der Waals surface area contributed by atoms with Crippen molar-refractivity contribution in [2.24, 2.45) is 0 Å². The molecule has 1 aliphatic rings. The summed E-state index contributed by atoms with van der Waals surface area (Å²) in [5.74, 6) is 0. The molecule has 1 heterocycles. The van der Waals surface area contributed by atoms with E-state index >= 15 is 0 Å². The molecule has 2 atom stereocenters. The van der Waals surface area contributed by atoms with Gasteiger partial charge in [0.25, 0.3) is 0 Å². The topological polar surface area (TPSA) is 38.7 Å². The molecule has 2 unspecified atom stereocenters. The van der Waals surface area contributed by atoms with Gasteiger partial charge in [-0.3, -0.25) is 0 Å². The predicted octanol–water partition coefficient (Wildman–Crippen LogP) is 1.67. The third kappa shape index (κ3) is 3.73. The van der Waals surface area contributed by atoms with E-state index in [0.717, 1.165) is 30.5 Å². The Morgan fingerprint density at radius 3 is 2.80 bits per heavy atom. The summed E-state index contributed by atoms with van der Waals surface area (Å²) in [7, 11) is 6.11. The van der Waals surface area contributed by atoms with Gasteiger partial charge >= 0.3 is 0 Å². The van der Waals surface area contributed by atoms with Crippen LogP contribution in [0.15, 0.2) is 22.7 Å². The van der Waals surface area contributed by atoms with E-state index in [1.807, 2.05) is 7.05 Å². The van der Waals surface area contributed by atoms with Crippen molar-refractivity contribution >= 4 is 21.6 Å². The Bertz CT molecular complexity index is 453. The normalized spacial score (nSPS) is 22.8. The number of rotatable bonds is 5. The molecule has 1 saturated heterocycles. The van der Waals surface area contributed by atoms with Gasteiger partial charge in [0.2, 0.25) is 0 Å². The van der Waals surface area contributed by atoms with Crippen LogP contribution >= 0.6 is 15.9 Å². The number of anilines is 1. The minimum atomic E-state index is -0.226. The Morgan fingerprint density at radius 2 is 2.20 bits per heavy atom. The van der Waals surface area contributed by atoms with Gasteiger partial charge in [-0.1, -0.05) is 22.0 Å². The van der Waals surface area contributed by atoms with Crippen molar-refractivity contribution in [3.8, 4) is 0 Å². The Labute approximate surface area is 129 Å². The molecule has 0 radical (unpaired) electrons. The van der Waals surface area contributed by atoms with Gasteiger partial charge in [-0.25, -0.2) is 0 Å². The third-order valence-corrected chi connectivity index (χ3v) is 4.44. The molecule has 1 aromatic carbocycles. The van der Waals surface area contributed by atoms with Crippen LogP contribution in [-0.2, 0) is 6.54 Å². The van der Waals surface area contributed by atoms with Crippen LogP contribution in [0.25, 0.3) is 0 Å². The van der Waals surface area contributed by atoms with E-state index in [2.05, 4.69) is 63.3 Å². The lowest BCUT2D eigenvalue weighted by Crippen LogP contribution is -2.37. The number of hydrogen-bond acceptors (Lipinski definition) is 4. The zero-order valence-corrected chi connectivity index (χ0v) is 14.0. The lowest BCUT2D eigenvalue weighted by molar-refractivity contribution is 0.191. The summed E-state index contributed by atoms with van der Waals surface area (Å²) in [6.45, 7) is 2.54. The maximum atomic E-state index is 9.97. The lowest BCUT2D eigenvalue weighted by Gasteiger charge is -2.29. The summed E-state index contributed by atoms with van der Waals surface area (Å²) in [5, 5.41) is 13.1. The summed E-state index contributed by atoms with van der Waals surface area (Å²) in [4.78, 5) is 4.50. The van der Waals surface area contributed by atoms with E-state index in [0.29, 0.717) is 6.04 Å². The molecule has 2 N–H and O–H groups in total. The quantitative estimate of drug-likeness (QED) is 0.854. The monoisotopic (exact) mass is 341 g/mol. The minimum absolute atomic E-state index is 0.226. The van der Waals surface area contributed by atoms with Crippen molar-refractivity contribution < 1.29 is 5.11 Å². The molecule has 1 aliphatic heterocycles. The molecule has 20 heavy (non-hydrogen) atoms. The maximum absolute atomic E-state index is 9.97. The molecule has 1 fully saturated rings. The molecule has 4 nitrogen and oxygen atoms in total. The van der Waals surface area contributed by atoms with E-state index in [1.165, 1.54) is 11.3 Å². The third-order valence-electron chi connectivity index (χ3n) is 3.70. The first-order valence-electron chi connectivity index (χ1n) is 7.03. The summed E-state index contributed by atoms with van der Waals surface area (Å²) < 4.78 is 1.12. The van der Waals surface area contributed by atoms with Crippen LogP contribution in [0.4, 0.5) is 5.69 Å². The van der Waals surface area contributed by atoms with Crippen LogP contribution in [0, 0.1) is 0 Å². The van der Waals surface area contributed by atoms with Gasteiger partial charge in [0.1, 0.15) is 0 Å². The van der Waals surface area contributed by atoms with Crippen LogP contribution < -0.4 is 10.2 Å². The number of nitrogens with zero attached hydrogens (tertiary/aromatic N) is 2. The van der Waals surface area contributed by atoms with Crippen molar-refractivity contribution in [1.82, 2.24) is 10.2 Å². The first-order chi connectivity index (χ1) is 9.51. The molecule has 0 aromatic heterocycles. The first kappa shape index (κ1) is 15.8. The van der Waals surface area contributed by atoms with Crippen molar-refractivity contribution in [1.29, 1.82) is 0 Å². The fraction of sp³-hybridized carbons (Fsp3) is 0.600. The van der Waals surface area contributed by atoms with E-state index in [4.69, 9.17) is 0 Å². The smallest absolute Gasteiger partial charge is 0.0735 e. The Hall–Kier alpha value is -0.620. The maximum Gasteiger partial charge on any atom is 0.0735 e. The van der Waals surface area contributed by atoms with E-state index in [9.17, 15) is 5.11 Å². The summed E-state index contributed by atoms with van der Waals surface area (Å²) >= 11 is 3.64. The molecule has 5 heteroatoms. The van der Waals surface area contributed by atoms with Gasteiger partial charge in [0.15, 0.2) is 0 Å². The zero-order chi connectivity index (χ0) is 14.7. The van der Waals surface area contributed by atoms with Crippen molar-refractivity contribution in [3.05, 3.63) is 28.2 Å². The highest BCUT2D eigenvalue weighted by Crippen LogP contribution is 2.30. The van der Waals surface area contributed by atoms with E-state index < -0.39 is 0 Å². The summed E-state index contributed by atoms with van der Waals surface area (Å²) in [6.07, 6.45) is 0.615. The molecule has 0 aliphatic carbocycles. The lowest BCUT2D eigenvalue weighted by atomic mass is 10.1. The Balaban J connectivity index is 2.18. The summed E-state index contributed by atoms with van der Waals surface area (Å²) in [6, 6.07) is 6.83. The van der Waals surface area contributed by atoms with Gasteiger partial charge < -0.3 is 20.2 Å². The number of benzene rings is 1. The van der Waals surface area contributed by atoms with Gasteiger partial charge in [0.05, 0.1) is 6.10 Å². The van der Waals surface area contributed by atoms with Crippen LogP contribution in [0.5, 0.6) is 0 Å². The largest absolute Gasteiger partial charge is 0.391 e. The second-order valence-corrected chi connectivity index (χ2v) is 6.62. The van der Waals surface area contributed by atoms with Crippen LogP contribution in [0.2, 0.25) is 0 Å². The second-order valence-electron chi connectivity index (χ2n) is 5.76. The highest BCUT2D eigenvalue weighted by Gasteiger charge is 2.31. The van der Waals surface area contributed by atoms with Gasteiger partial charge in [-0.05, 0) is 45.3 Å². The molecule has 2 rings (SSSR count). The van der Waals surface area contributed by atoms with Gasteiger partial charge in [-0.2, -0.15) is 0 Å².